The standard InChI is InChI=1S/C10H10ClN5O2S/c11-7-3-5(4-19(17)18)1-2-6(7)8-9(12)14-10(13)16-15-8/h1-3H,4H2,(H,17,18)(H4,12,13,14,16)/p-1. The Morgan fingerprint density at radius 3 is 2.63 bits per heavy atom. The van der Waals surface area contributed by atoms with Crippen molar-refractivity contribution in [3.63, 3.8) is 0 Å². The van der Waals surface area contributed by atoms with Gasteiger partial charge in [0.2, 0.25) is 5.95 Å². The number of hydrogen-bond acceptors (Lipinski definition) is 7. The summed E-state index contributed by atoms with van der Waals surface area (Å²) in [5, 5.41) is 7.75. The van der Waals surface area contributed by atoms with Gasteiger partial charge in [0.15, 0.2) is 5.82 Å². The van der Waals surface area contributed by atoms with E-state index in [0.717, 1.165) is 0 Å². The maximum Gasteiger partial charge on any atom is 0.242 e. The second kappa shape index (κ2) is 5.47. The van der Waals surface area contributed by atoms with Crippen molar-refractivity contribution in [1.82, 2.24) is 15.2 Å². The molecule has 0 fully saturated rings. The molecule has 0 amide bonds. The number of nitrogens with two attached hydrogens (primary N) is 2. The molecule has 2 aromatic rings. The summed E-state index contributed by atoms with van der Waals surface area (Å²) in [5.41, 5.74) is 12.4. The van der Waals surface area contributed by atoms with E-state index in [1.54, 1.807) is 12.1 Å². The Hall–Kier alpha value is -1.77. The van der Waals surface area contributed by atoms with Crippen LogP contribution >= 0.6 is 11.6 Å². The van der Waals surface area contributed by atoms with Crippen LogP contribution in [0.1, 0.15) is 5.56 Å². The van der Waals surface area contributed by atoms with E-state index in [2.05, 4.69) is 15.2 Å². The van der Waals surface area contributed by atoms with Gasteiger partial charge in [0.05, 0.1) is 5.02 Å². The van der Waals surface area contributed by atoms with Gasteiger partial charge in [0, 0.05) is 11.3 Å². The van der Waals surface area contributed by atoms with Crippen molar-refractivity contribution in [2.75, 3.05) is 11.5 Å². The Labute approximate surface area is 116 Å². The van der Waals surface area contributed by atoms with E-state index in [4.69, 9.17) is 23.1 Å². The molecule has 2 rings (SSSR count). The minimum atomic E-state index is -2.17. The molecule has 0 radical (unpaired) electrons. The first kappa shape index (κ1) is 13.7. The minimum Gasteiger partial charge on any atom is -0.772 e. The quantitative estimate of drug-likeness (QED) is 0.799. The van der Waals surface area contributed by atoms with Crippen LogP contribution in [0.4, 0.5) is 11.8 Å². The molecule has 9 heteroatoms. The van der Waals surface area contributed by atoms with Crippen LogP contribution < -0.4 is 11.5 Å². The van der Waals surface area contributed by atoms with Gasteiger partial charge in [-0.1, -0.05) is 34.8 Å². The lowest BCUT2D eigenvalue weighted by Gasteiger charge is -2.09. The van der Waals surface area contributed by atoms with Gasteiger partial charge in [-0.2, -0.15) is 4.98 Å². The molecule has 7 nitrogen and oxygen atoms in total. The van der Waals surface area contributed by atoms with Gasteiger partial charge < -0.3 is 16.0 Å². The van der Waals surface area contributed by atoms with Gasteiger partial charge in [-0.15, -0.1) is 10.2 Å². The molecule has 19 heavy (non-hydrogen) atoms. The Kier molecular flexibility index (Phi) is 3.93. The van der Waals surface area contributed by atoms with Gasteiger partial charge in [0.25, 0.3) is 0 Å². The highest BCUT2D eigenvalue weighted by atomic mass is 35.5. The number of hydrogen-bond donors (Lipinski definition) is 2. The molecule has 1 aromatic carbocycles. The zero-order chi connectivity index (χ0) is 14.0. The van der Waals surface area contributed by atoms with Crippen molar-refractivity contribution in [1.29, 1.82) is 0 Å². The number of rotatable bonds is 3. The summed E-state index contributed by atoms with van der Waals surface area (Å²) >= 11 is 3.90. The lowest BCUT2D eigenvalue weighted by molar-refractivity contribution is 0.536. The van der Waals surface area contributed by atoms with E-state index in [1.165, 1.54) is 6.07 Å². The highest BCUT2D eigenvalue weighted by Gasteiger charge is 2.11. The predicted octanol–water partition coefficient (Wildman–Crippen LogP) is 0.736. The Balaban J connectivity index is 2.43. The smallest absolute Gasteiger partial charge is 0.242 e. The number of aromatic nitrogens is 3. The first-order chi connectivity index (χ1) is 8.97. The lowest BCUT2D eigenvalue weighted by Crippen LogP contribution is -2.04. The molecule has 4 N–H and O–H groups in total. The summed E-state index contributed by atoms with van der Waals surface area (Å²) in [6.07, 6.45) is 0. The number of nitrogen functional groups attached to an aromatic ring is 2. The summed E-state index contributed by atoms with van der Waals surface area (Å²) in [6.45, 7) is 0. The van der Waals surface area contributed by atoms with Crippen LogP contribution in [0, 0.1) is 0 Å². The van der Waals surface area contributed by atoms with E-state index in [-0.39, 0.29) is 17.5 Å². The van der Waals surface area contributed by atoms with Crippen LogP contribution in [0.15, 0.2) is 18.2 Å². The third-order valence-corrected chi connectivity index (χ3v) is 3.18. The Morgan fingerprint density at radius 2 is 2.05 bits per heavy atom. The largest absolute Gasteiger partial charge is 0.772 e. The second-order valence-electron chi connectivity index (χ2n) is 3.67. The SMILES string of the molecule is Nc1nnc(-c2ccc(CS(=O)[O-])cc2Cl)c(N)n1. The topological polar surface area (TPSA) is 131 Å². The summed E-state index contributed by atoms with van der Waals surface area (Å²) in [6, 6.07) is 4.77. The van der Waals surface area contributed by atoms with Gasteiger partial charge >= 0.3 is 0 Å². The van der Waals surface area contributed by atoms with E-state index >= 15 is 0 Å². The van der Waals surface area contributed by atoms with Crippen molar-refractivity contribution in [2.24, 2.45) is 0 Å². The minimum absolute atomic E-state index is 0.0317. The first-order valence-electron chi connectivity index (χ1n) is 5.07. The number of halogens is 1. The highest BCUT2D eigenvalue weighted by Crippen LogP contribution is 2.30. The van der Waals surface area contributed by atoms with Gasteiger partial charge in [-0.25, -0.2) is 0 Å². The van der Waals surface area contributed by atoms with Crippen molar-refractivity contribution < 1.29 is 8.76 Å². The van der Waals surface area contributed by atoms with E-state index in [1.807, 2.05) is 0 Å². The van der Waals surface area contributed by atoms with Crippen LogP contribution in [0.2, 0.25) is 5.02 Å². The molecule has 0 aliphatic heterocycles. The molecule has 0 saturated heterocycles. The monoisotopic (exact) mass is 298 g/mol. The van der Waals surface area contributed by atoms with Crippen molar-refractivity contribution in [3.8, 4) is 11.3 Å². The van der Waals surface area contributed by atoms with Crippen molar-refractivity contribution >= 4 is 34.4 Å². The van der Waals surface area contributed by atoms with E-state index in [0.29, 0.717) is 21.8 Å². The Morgan fingerprint density at radius 1 is 1.32 bits per heavy atom. The zero-order valence-electron chi connectivity index (χ0n) is 9.54. The maximum atomic E-state index is 10.6. The van der Waals surface area contributed by atoms with Crippen LogP contribution in [0.5, 0.6) is 0 Å². The van der Waals surface area contributed by atoms with Crippen LogP contribution in [-0.2, 0) is 16.8 Å². The summed E-state index contributed by atoms with van der Waals surface area (Å²) in [7, 11) is 0. The molecule has 0 aliphatic rings. The second-order valence-corrected chi connectivity index (χ2v) is 4.97. The van der Waals surface area contributed by atoms with Crippen molar-refractivity contribution in [3.05, 3.63) is 28.8 Å². The molecule has 1 aromatic heterocycles. The van der Waals surface area contributed by atoms with E-state index < -0.39 is 11.1 Å². The number of nitrogens with zero attached hydrogens (tertiary/aromatic N) is 3. The molecule has 0 saturated carbocycles. The molecule has 0 spiro atoms. The van der Waals surface area contributed by atoms with Crippen LogP contribution in [-0.4, -0.2) is 23.9 Å². The average Bonchev–Trinajstić information content (AvgIpc) is 2.30. The third kappa shape index (κ3) is 3.16. The van der Waals surface area contributed by atoms with Crippen molar-refractivity contribution in [2.45, 2.75) is 5.75 Å². The highest BCUT2D eigenvalue weighted by molar-refractivity contribution is 7.78. The molecular formula is C10H9ClN5O2S-. The van der Waals surface area contributed by atoms with Crippen LogP contribution in [0.3, 0.4) is 0 Å². The summed E-state index contributed by atoms with van der Waals surface area (Å²) < 4.78 is 21.2. The lowest BCUT2D eigenvalue weighted by atomic mass is 10.1. The molecule has 1 unspecified atom stereocenters. The fourth-order valence-electron chi connectivity index (χ4n) is 1.52. The molecule has 0 aliphatic carbocycles. The molecular weight excluding hydrogens is 290 g/mol. The number of benzene rings is 1. The first-order valence-corrected chi connectivity index (χ1v) is 6.70. The summed E-state index contributed by atoms with van der Waals surface area (Å²) in [5.74, 6) is -0.0356. The molecule has 1 atom stereocenters. The molecule has 1 heterocycles. The normalized spacial score (nSPS) is 12.3. The fraction of sp³-hybridized carbons (Fsp3) is 0.100. The van der Waals surface area contributed by atoms with E-state index in [9.17, 15) is 8.76 Å². The third-order valence-electron chi connectivity index (χ3n) is 2.30. The maximum absolute atomic E-state index is 10.6. The predicted molar refractivity (Wildman–Crippen MR) is 71.7 cm³/mol. The average molecular weight is 299 g/mol. The summed E-state index contributed by atoms with van der Waals surface area (Å²) in [4.78, 5) is 3.79. The Bertz CT molecular complexity index is 652. The number of anilines is 2. The molecule has 0 bridgehead atoms. The fourth-order valence-corrected chi connectivity index (χ4v) is 2.26. The van der Waals surface area contributed by atoms with Gasteiger partial charge in [-0.05, 0) is 11.6 Å². The van der Waals surface area contributed by atoms with Gasteiger partial charge in [-0.3, -0.25) is 4.21 Å². The van der Waals surface area contributed by atoms with Gasteiger partial charge in [0.1, 0.15) is 5.69 Å². The molecule has 100 valence electrons. The zero-order valence-corrected chi connectivity index (χ0v) is 11.1. The van der Waals surface area contributed by atoms with Crippen LogP contribution in [0.25, 0.3) is 11.3 Å².